The van der Waals surface area contributed by atoms with Crippen LogP contribution in [0.1, 0.15) is 11.1 Å². The fourth-order valence-electron chi connectivity index (χ4n) is 2.47. The van der Waals surface area contributed by atoms with E-state index >= 15 is 0 Å². The molecule has 0 saturated carbocycles. The van der Waals surface area contributed by atoms with E-state index in [4.69, 9.17) is 9.47 Å². The predicted molar refractivity (Wildman–Crippen MR) is 79.3 cm³/mol. The number of hydrogen-bond donors (Lipinski definition) is 1. The van der Waals surface area contributed by atoms with Crippen LogP contribution >= 0.6 is 0 Å². The highest BCUT2D eigenvalue weighted by Crippen LogP contribution is 2.21. The molecule has 104 valence electrons. The molecular weight excluding hydrogens is 250 g/mol. The molecule has 3 nitrogen and oxygen atoms in total. The Labute approximate surface area is 119 Å². The van der Waals surface area contributed by atoms with Crippen LogP contribution in [0.15, 0.2) is 48.5 Å². The third kappa shape index (κ3) is 2.94. The number of fused-ring (bicyclic) bond motifs is 1. The van der Waals surface area contributed by atoms with Crippen molar-refractivity contribution in [2.45, 2.75) is 19.0 Å². The fraction of sp³-hybridized carbons (Fsp3) is 0.294. The van der Waals surface area contributed by atoms with Gasteiger partial charge in [-0.15, -0.1) is 0 Å². The number of nitrogens with one attached hydrogen (secondary N) is 1. The first-order chi connectivity index (χ1) is 9.85. The normalized spacial score (nSPS) is 17.8. The molecule has 1 atom stereocenters. The third-order valence-corrected chi connectivity index (χ3v) is 3.63. The van der Waals surface area contributed by atoms with Gasteiger partial charge in [-0.3, -0.25) is 0 Å². The van der Waals surface area contributed by atoms with Crippen molar-refractivity contribution in [1.82, 2.24) is 5.32 Å². The molecule has 0 radical (unpaired) electrons. The van der Waals surface area contributed by atoms with Crippen molar-refractivity contribution in [3.63, 3.8) is 0 Å². The molecule has 3 heteroatoms. The number of methoxy groups -OCH3 is 1. The maximum Gasteiger partial charge on any atom is 0.123 e. The van der Waals surface area contributed by atoms with Gasteiger partial charge >= 0.3 is 0 Å². The summed E-state index contributed by atoms with van der Waals surface area (Å²) >= 11 is 0. The van der Waals surface area contributed by atoms with Crippen LogP contribution in [0.25, 0.3) is 0 Å². The van der Waals surface area contributed by atoms with Gasteiger partial charge in [-0.05, 0) is 30.2 Å². The summed E-state index contributed by atoms with van der Waals surface area (Å²) in [5.74, 6) is 1.89. The van der Waals surface area contributed by atoms with Gasteiger partial charge in [0.1, 0.15) is 18.1 Å². The molecule has 0 spiro atoms. The van der Waals surface area contributed by atoms with Gasteiger partial charge in [0.25, 0.3) is 0 Å². The smallest absolute Gasteiger partial charge is 0.123 e. The minimum absolute atomic E-state index is 0.329. The lowest BCUT2D eigenvalue weighted by atomic mass is 10.1. The van der Waals surface area contributed by atoms with Gasteiger partial charge in [0.05, 0.1) is 7.11 Å². The monoisotopic (exact) mass is 269 g/mol. The van der Waals surface area contributed by atoms with Crippen molar-refractivity contribution in [3.05, 3.63) is 59.7 Å². The third-order valence-electron chi connectivity index (χ3n) is 3.63. The van der Waals surface area contributed by atoms with Gasteiger partial charge in [-0.1, -0.05) is 30.3 Å². The molecule has 0 fully saturated rings. The average Bonchev–Trinajstić information content (AvgIpc) is 2.71. The largest absolute Gasteiger partial charge is 0.497 e. The minimum Gasteiger partial charge on any atom is -0.497 e. The molecule has 1 heterocycles. The molecule has 0 amide bonds. The van der Waals surface area contributed by atoms with E-state index in [1.54, 1.807) is 7.11 Å². The van der Waals surface area contributed by atoms with Gasteiger partial charge in [0, 0.05) is 18.2 Å². The van der Waals surface area contributed by atoms with Crippen molar-refractivity contribution in [2.24, 2.45) is 0 Å². The highest BCUT2D eigenvalue weighted by molar-refractivity contribution is 5.34. The van der Waals surface area contributed by atoms with Crippen molar-refractivity contribution < 1.29 is 9.47 Å². The van der Waals surface area contributed by atoms with Crippen molar-refractivity contribution >= 4 is 0 Å². The molecule has 3 rings (SSSR count). The first kappa shape index (κ1) is 13.0. The molecule has 0 unspecified atom stereocenters. The second kappa shape index (κ2) is 5.97. The molecule has 2 aromatic rings. The Balaban J connectivity index is 1.65. The maximum absolute atomic E-state index is 5.89. The Morgan fingerprint density at radius 2 is 1.95 bits per heavy atom. The van der Waals surface area contributed by atoms with Crippen LogP contribution in [-0.4, -0.2) is 19.8 Å². The summed E-state index contributed by atoms with van der Waals surface area (Å²) in [6, 6.07) is 16.8. The van der Waals surface area contributed by atoms with Crippen LogP contribution < -0.4 is 14.8 Å². The standard InChI is InChI=1S/C17H19NO2/c1-19-16-8-6-13(7-9-16)10-15-12-20-17-5-3-2-4-14(17)11-18-15/h2-9,15,18H,10-12H2,1H3/t15-/m0/s1. The Morgan fingerprint density at radius 3 is 2.75 bits per heavy atom. The molecule has 2 aromatic carbocycles. The van der Waals surface area contributed by atoms with Crippen LogP contribution in [0.5, 0.6) is 11.5 Å². The summed E-state index contributed by atoms with van der Waals surface area (Å²) in [7, 11) is 1.69. The van der Waals surface area contributed by atoms with E-state index in [0.29, 0.717) is 12.6 Å². The lowest BCUT2D eigenvalue weighted by Gasteiger charge is -2.15. The van der Waals surface area contributed by atoms with E-state index in [2.05, 4.69) is 23.5 Å². The van der Waals surface area contributed by atoms with Gasteiger partial charge < -0.3 is 14.8 Å². The molecule has 20 heavy (non-hydrogen) atoms. The lowest BCUT2D eigenvalue weighted by Crippen LogP contribution is -2.34. The number of ether oxygens (including phenoxy) is 2. The van der Waals surface area contributed by atoms with Crippen LogP contribution in [0.4, 0.5) is 0 Å². The molecule has 0 bridgehead atoms. The molecule has 1 aliphatic rings. The zero-order valence-corrected chi connectivity index (χ0v) is 11.6. The van der Waals surface area contributed by atoms with Crippen LogP contribution in [-0.2, 0) is 13.0 Å². The average molecular weight is 269 g/mol. The van der Waals surface area contributed by atoms with Crippen LogP contribution in [0.2, 0.25) is 0 Å². The van der Waals surface area contributed by atoms with Crippen molar-refractivity contribution in [2.75, 3.05) is 13.7 Å². The SMILES string of the molecule is COc1ccc(C[C@H]2COc3ccccc3CN2)cc1. The van der Waals surface area contributed by atoms with Gasteiger partial charge in [-0.2, -0.15) is 0 Å². The molecular formula is C17H19NO2. The molecule has 0 saturated heterocycles. The summed E-state index contributed by atoms with van der Waals surface area (Å²) in [4.78, 5) is 0. The van der Waals surface area contributed by atoms with Gasteiger partial charge in [0.15, 0.2) is 0 Å². The first-order valence-corrected chi connectivity index (χ1v) is 6.92. The summed E-state index contributed by atoms with van der Waals surface area (Å²) in [6.07, 6.45) is 0.956. The second-order valence-corrected chi connectivity index (χ2v) is 5.05. The van der Waals surface area contributed by atoms with E-state index in [1.165, 1.54) is 11.1 Å². The molecule has 0 aromatic heterocycles. The van der Waals surface area contributed by atoms with Crippen LogP contribution in [0.3, 0.4) is 0 Å². The minimum atomic E-state index is 0.329. The summed E-state index contributed by atoms with van der Waals surface area (Å²) in [5.41, 5.74) is 2.52. The zero-order chi connectivity index (χ0) is 13.8. The molecule has 1 N–H and O–H groups in total. The Hall–Kier alpha value is -2.00. The van der Waals surface area contributed by atoms with E-state index in [0.717, 1.165) is 24.5 Å². The van der Waals surface area contributed by atoms with Gasteiger partial charge in [-0.25, -0.2) is 0 Å². The molecule has 0 aliphatic carbocycles. The number of rotatable bonds is 3. The Morgan fingerprint density at radius 1 is 1.15 bits per heavy atom. The summed E-state index contributed by atoms with van der Waals surface area (Å²) in [6.45, 7) is 1.56. The maximum atomic E-state index is 5.89. The predicted octanol–water partition coefficient (Wildman–Crippen LogP) is 2.79. The highest BCUT2D eigenvalue weighted by Gasteiger charge is 2.16. The van der Waals surface area contributed by atoms with Crippen molar-refractivity contribution in [3.8, 4) is 11.5 Å². The summed E-state index contributed by atoms with van der Waals surface area (Å²) in [5, 5.41) is 3.56. The van der Waals surface area contributed by atoms with E-state index in [1.807, 2.05) is 30.3 Å². The van der Waals surface area contributed by atoms with Crippen LogP contribution in [0, 0.1) is 0 Å². The zero-order valence-electron chi connectivity index (χ0n) is 11.6. The molecule has 1 aliphatic heterocycles. The Bertz CT molecular complexity index is 538. The van der Waals surface area contributed by atoms with E-state index in [9.17, 15) is 0 Å². The second-order valence-electron chi connectivity index (χ2n) is 5.05. The van der Waals surface area contributed by atoms with Gasteiger partial charge in [0.2, 0.25) is 0 Å². The highest BCUT2D eigenvalue weighted by atomic mass is 16.5. The van der Waals surface area contributed by atoms with E-state index < -0.39 is 0 Å². The fourth-order valence-corrected chi connectivity index (χ4v) is 2.47. The number of hydrogen-bond acceptors (Lipinski definition) is 3. The number of benzene rings is 2. The summed E-state index contributed by atoms with van der Waals surface area (Å²) < 4.78 is 11.1. The first-order valence-electron chi connectivity index (χ1n) is 6.92. The quantitative estimate of drug-likeness (QED) is 0.929. The number of para-hydroxylation sites is 1. The Kier molecular flexibility index (Phi) is 3.88. The topological polar surface area (TPSA) is 30.5 Å². The van der Waals surface area contributed by atoms with Crippen molar-refractivity contribution in [1.29, 1.82) is 0 Å². The van der Waals surface area contributed by atoms with E-state index in [-0.39, 0.29) is 0 Å². The lowest BCUT2D eigenvalue weighted by molar-refractivity contribution is 0.277.